The lowest BCUT2D eigenvalue weighted by molar-refractivity contribution is -0.135. The minimum atomic E-state index is -4.02. The molecular weight excluding hydrogens is 231 g/mol. The zero-order valence-electron chi connectivity index (χ0n) is 10.3. The lowest BCUT2D eigenvalue weighted by atomic mass is 10.1. The van der Waals surface area contributed by atoms with Gasteiger partial charge in [-0.2, -0.15) is 13.2 Å². The Kier molecular flexibility index (Phi) is 5.73. The van der Waals surface area contributed by atoms with Crippen LogP contribution in [-0.4, -0.2) is 41.4 Å². The molecule has 0 aromatic heterocycles. The summed E-state index contributed by atoms with van der Waals surface area (Å²) in [6.07, 6.45) is -1.33. The van der Waals surface area contributed by atoms with Crippen molar-refractivity contribution in [2.24, 2.45) is 0 Å². The summed E-state index contributed by atoms with van der Waals surface area (Å²) < 4.78 is 35.9. The molecule has 1 heterocycles. The summed E-state index contributed by atoms with van der Waals surface area (Å²) in [7, 11) is 0. The predicted molar refractivity (Wildman–Crippen MR) is 60.8 cm³/mol. The lowest BCUT2D eigenvalue weighted by Gasteiger charge is -2.25. The van der Waals surface area contributed by atoms with Gasteiger partial charge in [-0.05, 0) is 52.1 Å². The number of aliphatic hydroxyl groups excluding tert-OH is 1. The molecule has 0 spiro atoms. The molecule has 17 heavy (non-hydrogen) atoms. The molecule has 0 saturated carbocycles. The Morgan fingerprint density at radius 1 is 1.35 bits per heavy atom. The predicted octanol–water partition coefficient (Wildman–Crippen LogP) is 2.95. The number of likely N-dealkylation sites (tertiary alicyclic amines) is 1. The van der Waals surface area contributed by atoms with Crippen LogP contribution in [0.15, 0.2) is 0 Å². The SMILES string of the molecule is CC(O)CC1CCCN1CCCCC(F)(F)F. The Hall–Kier alpha value is -0.290. The monoisotopic (exact) mass is 253 g/mol. The average molecular weight is 253 g/mol. The normalized spacial score (nSPS) is 24.2. The van der Waals surface area contributed by atoms with Gasteiger partial charge >= 0.3 is 6.18 Å². The van der Waals surface area contributed by atoms with Crippen LogP contribution >= 0.6 is 0 Å². The van der Waals surface area contributed by atoms with Gasteiger partial charge in [0.25, 0.3) is 0 Å². The molecule has 0 amide bonds. The summed E-state index contributed by atoms with van der Waals surface area (Å²) in [5, 5.41) is 9.33. The highest BCUT2D eigenvalue weighted by atomic mass is 19.4. The maximum Gasteiger partial charge on any atom is 0.389 e. The van der Waals surface area contributed by atoms with Gasteiger partial charge in [0.1, 0.15) is 0 Å². The topological polar surface area (TPSA) is 23.5 Å². The van der Waals surface area contributed by atoms with Gasteiger partial charge in [0.15, 0.2) is 0 Å². The highest BCUT2D eigenvalue weighted by molar-refractivity contribution is 4.80. The highest BCUT2D eigenvalue weighted by Gasteiger charge is 2.27. The number of halogens is 3. The fourth-order valence-corrected chi connectivity index (χ4v) is 2.49. The van der Waals surface area contributed by atoms with Crippen molar-refractivity contribution < 1.29 is 18.3 Å². The van der Waals surface area contributed by atoms with Gasteiger partial charge in [-0.3, -0.25) is 0 Å². The zero-order chi connectivity index (χ0) is 12.9. The maximum absolute atomic E-state index is 12.0. The molecular formula is C12H22F3NO. The standard InChI is InChI=1S/C12H22F3NO/c1-10(17)9-11-5-4-8-16(11)7-3-2-6-12(13,14)15/h10-11,17H,2-9H2,1H3. The van der Waals surface area contributed by atoms with E-state index in [4.69, 9.17) is 0 Å². The van der Waals surface area contributed by atoms with E-state index in [1.807, 2.05) is 0 Å². The molecule has 1 rings (SSSR count). The van der Waals surface area contributed by atoms with E-state index in [2.05, 4.69) is 4.90 Å². The smallest absolute Gasteiger partial charge is 0.389 e. The Bertz CT molecular complexity index is 218. The van der Waals surface area contributed by atoms with Crippen LogP contribution in [0.1, 0.15) is 45.4 Å². The number of hydrogen-bond donors (Lipinski definition) is 1. The van der Waals surface area contributed by atoms with E-state index < -0.39 is 12.6 Å². The molecule has 102 valence electrons. The number of unbranched alkanes of at least 4 members (excludes halogenated alkanes) is 1. The van der Waals surface area contributed by atoms with Gasteiger partial charge in [0.05, 0.1) is 6.10 Å². The van der Waals surface area contributed by atoms with Crippen LogP contribution < -0.4 is 0 Å². The van der Waals surface area contributed by atoms with E-state index in [1.165, 1.54) is 0 Å². The summed E-state index contributed by atoms with van der Waals surface area (Å²) >= 11 is 0. The van der Waals surface area contributed by atoms with Gasteiger partial charge in [-0.1, -0.05) is 0 Å². The van der Waals surface area contributed by atoms with Gasteiger partial charge < -0.3 is 10.0 Å². The quantitative estimate of drug-likeness (QED) is 0.736. The van der Waals surface area contributed by atoms with Crippen LogP contribution in [0, 0.1) is 0 Å². The third-order valence-corrected chi connectivity index (χ3v) is 3.27. The van der Waals surface area contributed by atoms with Crippen LogP contribution in [0.4, 0.5) is 13.2 Å². The third kappa shape index (κ3) is 6.27. The van der Waals surface area contributed by atoms with E-state index in [1.54, 1.807) is 6.92 Å². The van der Waals surface area contributed by atoms with Gasteiger partial charge in [0.2, 0.25) is 0 Å². The first-order chi connectivity index (χ1) is 7.88. The van der Waals surface area contributed by atoms with E-state index in [-0.39, 0.29) is 12.5 Å². The molecule has 1 aliphatic heterocycles. The summed E-state index contributed by atoms with van der Waals surface area (Å²) in [5.41, 5.74) is 0. The van der Waals surface area contributed by atoms with Crippen molar-refractivity contribution in [1.82, 2.24) is 4.90 Å². The Balaban J connectivity index is 2.17. The second-order valence-corrected chi connectivity index (χ2v) is 4.99. The molecule has 1 saturated heterocycles. The zero-order valence-corrected chi connectivity index (χ0v) is 10.3. The van der Waals surface area contributed by atoms with Gasteiger partial charge in [-0.15, -0.1) is 0 Å². The van der Waals surface area contributed by atoms with E-state index in [9.17, 15) is 18.3 Å². The first-order valence-electron chi connectivity index (χ1n) is 6.37. The van der Waals surface area contributed by atoms with E-state index in [0.29, 0.717) is 12.5 Å². The Morgan fingerprint density at radius 2 is 2.06 bits per heavy atom. The highest BCUT2D eigenvalue weighted by Crippen LogP contribution is 2.24. The van der Waals surface area contributed by atoms with Crippen molar-refractivity contribution in [3.63, 3.8) is 0 Å². The average Bonchev–Trinajstić information content (AvgIpc) is 2.58. The molecule has 0 bridgehead atoms. The number of hydrogen-bond acceptors (Lipinski definition) is 2. The van der Waals surface area contributed by atoms with Crippen molar-refractivity contribution in [3.05, 3.63) is 0 Å². The molecule has 2 atom stereocenters. The fraction of sp³-hybridized carbons (Fsp3) is 1.00. The second kappa shape index (κ2) is 6.59. The summed E-state index contributed by atoms with van der Waals surface area (Å²) in [5.74, 6) is 0. The molecule has 1 N–H and O–H groups in total. The molecule has 0 aliphatic carbocycles. The van der Waals surface area contributed by atoms with E-state index >= 15 is 0 Å². The molecule has 0 aromatic rings. The number of nitrogens with zero attached hydrogens (tertiary/aromatic N) is 1. The minimum Gasteiger partial charge on any atom is -0.393 e. The Labute approximate surface area is 101 Å². The van der Waals surface area contributed by atoms with Crippen molar-refractivity contribution in [3.8, 4) is 0 Å². The minimum absolute atomic E-state index is 0.210. The molecule has 2 unspecified atom stereocenters. The number of alkyl halides is 3. The first-order valence-corrected chi connectivity index (χ1v) is 6.37. The molecule has 2 nitrogen and oxygen atoms in total. The largest absolute Gasteiger partial charge is 0.393 e. The van der Waals surface area contributed by atoms with Crippen LogP contribution in [0.25, 0.3) is 0 Å². The van der Waals surface area contributed by atoms with Crippen LogP contribution in [0.5, 0.6) is 0 Å². The molecule has 0 radical (unpaired) electrons. The maximum atomic E-state index is 12.0. The van der Waals surface area contributed by atoms with Crippen LogP contribution in [0.2, 0.25) is 0 Å². The van der Waals surface area contributed by atoms with Crippen molar-refractivity contribution in [2.75, 3.05) is 13.1 Å². The lowest BCUT2D eigenvalue weighted by Crippen LogP contribution is -2.32. The molecule has 5 heteroatoms. The van der Waals surface area contributed by atoms with Crippen molar-refractivity contribution in [2.45, 2.75) is 63.8 Å². The van der Waals surface area contributed by atoms with Crippen LogP contribution in [-0.2, 0) is 0 Å². The summed E-state index contributed by atoms with van der Waals surface area (Å²) in [6.45, 7) is 3.46. The number of aliphatic hydroxyl groups is 1. The van der Waals surface area contributed by atoms with Gasteiger partial charge in [-0.25, -0.2) is 0 Å². The van der Waals surface area contributed by atoms with Crippen molar-refractivity contribution >= 4 is 0 Å². The third-order valence-electron chi connectivity index (χ3n) is 3.27. The molecule has 1 fully saturated rings. The second-order valence-electron chi connectivity index (χ2n) is 4.99. The van der Waals surface area contributed by atoms with E-state index in [0.717, 1.165) is 32.4 Å². The Morgan fingerprint density at radius 3 is 2.65 bits per heavy atom. The van der Waals surface area contributed by atoms with Crippen LogP contribution in [0.3, 0.4) is 0 Å². The molecule has 1 aliphatic rings. The van der Waals surface area contributed by atoms with Crippen molar-refractivity contribution in [1.29, 1.82) is 0 Å². The van der Waals surface area contributed by atoms with Gasteiger partial charge in [0, 0.05) is 12.5 Å². The summed E-state index contributed by atoms with van der Waals surface area (Å²) in [6, 6.07) is 0.362. The first kappa shape index (κ1) is 14.8. The summed E-state index contributed by atoms with van der Waals surface area (Å²) in [4.78, 5) is 2.23. The fourth-order valence-electron chi connectivity index (χ4n) is 2.49. The molecule has 0 aromatic carbocycles. The number of rotatable bonds is 6.